The van der Waals surface area contributed by atoms with E-state index in [2.05, 4.69) is 15.1 Å². The fourth-order valence-corrected chi connectivity index (χ4v) is 3.53. The Labute approximate surface area is 173 Å². The van der Waals surface area contributed by atoms with Crippen LogP contribution in [0.2, 0.25) is 10.0 Å². The molecule has 0 aliphatic carbocycles. The third-order valence-electron chi connectivity index (χ3n) is 4.60. The van der Waals surface area contributed by atoms with Gasteiger partial charge in [0.2, 0.25) is 5.91 Å². The zero-order valence-electron chi connectivity index (χ0n) is 15.1. The van der Waals surface area contributed by atoms with Crippen molar-refractivity contribution in [2.75, 3.05) is 38.0 Å². The molecule has 0 saturated carbocycles. The van der Waals surface area contributed by atoms with Gasteiger partial charge in [-0.3, -0.25) is 24.7 Å². The van der Waals surface area contributed by atoms with Gasteiger partial charge in [0, 0.05) is 60.6 Å². The predicted octanol–water partition coefficient (Wildman–Crippen LogP) is 3.66. The van der Waals surface area contributed by atoms with Gasteiger partial charge in [0.25, 0.3) is 5.69 Å². The molecule has 2 aromatic carbocycles. The molecule has 0 aromatic heterocycles. The molecule has 1 N–H and O–H groups in total. The molecule has 1 heterocycles. The summed E-state index contributed by atoms with van der Waals surface area (Å²) < 4.78 is 0. The van der Waals surface area contributed by atoms with Crippen LogP contribution in [0.15, 0.2) is 42.5 Å². The van der Waals surface area contributed by atoms with Crippen LogP contribution in [0.1, 0.15) is 5.56 Å². The van der Waals surface area contributed by atoms with Crippen molar-refractivity contribution >= 4 is 40.5 Å². The van der Waals surface area contributed by atoms with E-state index in [-0.39, 0.29) is 18.1 Å². The zero-order chi connectivity index (χ0) is 20.1. The third kappa shape index (κ3) is 5.65. The van der Waals surface area contributed by atoms with Crippen molar-refractivity contribution in [3.8, 4) is 0 Å². The van der Waals surface area contributed by atoms with E-state index in [1.807, 2.05) is 12.1 Å². The summed E-state index contributed by atoms with van der Waals surface area (Å²) in [5.74, 6) is -0.136. The van der Waals surface area contributed by atoms with Crippen molar-refractivity contribution in [1.82, 2.24) is 9.80 Å². The molecule has 28 heavy (non-hydrogen) atoms. The molecule has 3 rings (SSSR count). The molecule has 1 aliphatic heterocycles. The number of rotatable bonds is 6. The Morgan fingerprint density at radius 3 is 2.29 bits per heavy atom. The first-order valence-corrected chi connectivity index (χ1v) is 9.59. The van der Waals surface area contributed by atoms with Gasteiger partial charge in [-0.2, -0.15) is 0 Å². The summed E-state index contributed by atoms with van der Waals surface area (Å²) in [5, 5.41) is 14.7. The topological polar surface area (TPSA) is 78.7 Å². The lowest BCUT2D eigenvalue weighted by molar-refractivity contribution is -0.384. The van der Waals surface area contributed by atoms with Gasteiger partial charge in [0.15, 0.2) is 0 Å². The Hall–Kier alpha value is -2.19. The molecule has 148 valence electrons. The van der Waals surface area contributed by atoms with Crippen molar-refractivity contribution in [2.45, 2.75) is 6.54 Å². The third-order valence-corrected chi connectivity index (χ3v) is 5.19. The van der Waals surface area contributed by atoms with Crippen LogP contribution in [0.5, 0.6) is 0 Å². The highest BCUT2D eigenvalue weighted by Crippen LogP contribution is 2.22. The SMILES string of the molecule is O=C(CN1CCN(Cc2ccc(Cl)cc2Cl)CC1)Nc1ccc([N+](=O)[O-])cc1. The van der Waals surface area contributed by atoms with Gasteiger partial charge in [-0.1, -0.05) is 29.3 Å². The number of nitro benzene ring substituents is 1. The van der Waals surface area contributed by atoms with Crippen LogP contribution in [0.25, 0.3) is 0 Å². The van der Waals surface area contributed by atoms with Crippen LogP contribution < -0.4 is 5.32 Å². The molecule has 0 radical (unpaired) electrons. The van der Waals surface area contributed by atoms with E-state index in [1.165, 1.54) is 24.3 Å². The Bertz CT molecular complexity index is 853. The van der Waals surface area contributed by atoms with Crippen molar-refractivity contribution in [1.29, 1.82) is 0 Å². The van der Waals surface area contributed by atoms with E-state index in [9.17, 15) is 14.9 Å². The van der Waals surface area contributed by atoms with Crippen LogP contribution in [0, 0.1) is 10.1 Å². The first-order valence-electron chi connectivity index (χ1n) is 8.83. The molecule has 1 amide bonds. The average molecular weight is 423 g/mol. The number of amides is 1. The number of piperazine rings is 1. The largest absolute Gasteiger partial charge is 0.325 e. The number of nitro groups is 1. The molecule has 9 heteroatoms. The number of carbonyl (C=O) groups excluding carboxylic acids is 1. The second kappa shape index (κ2) is 9.34. The summed E-state index contributed by atoms with van der Waals surface area (Å²) >= 11 is 12.2. The highest BCUT2D eigenvalue weighted by atomic mass is 35.5. The highest BCUT2D eigenvalue weighted by Gasteiger charge is 2.20. The number of hydrogen-bond donors (Lipinski definition) is 1. The normalized spacial score (nSPS) is 15.4. The van der Waals surface area contributed by atoms with Gasteiger partial charge >= 0.3 is 0 Å². The molecule has 2 aromatic rings. The Morgan fingerprint density at radius 1 is 1.04 bits per heavy atom. The number of carbonyl (C=O) groups is 1. The lowest BCUT2D eigenvalue weighted by atomic mass is 10.2. The number of benzene rings is 2. The number of anilines is 1. The second-order valence-electron chi connectivity index (χ2n) is 6.64. The van der Waals surface area contributed by atoms with Gasteiger partial charge in [-0.15, -0.1) is 0 Å². The minimum Gasteiger partial charge on any atom is -0.325 e. The molecule has 1 aliphatic rings. The molecular formula is C19H20Cl2N4O3. The van der Waals surface area contributed by atoms with Gasteiger partial charge < -0.3 is 5.32 Å². The van der Waals surface area contributed by atoms with Crippen LogP contribution in [0.4, 0.5) is 11.4 Å². The molecule has 0 unspecified atom stereocenters. The fourth-order valence-electron chi connectivity index (χ4n) is 3.07. The van der Waals surface area contributed by atoms with Crippen molar-refractivity contribution in [3.05, 3.63) is 68.2 Å². The standard InChI is InChI=1S/C19H20Cl2N4O3/c20-15-2-1-14(18(21)11-15)12-23-7-9-24(10-8-23)13-19(26)22-16-3-5-17(6-4-16)25(27)28/h1-6,11H,7-10,12-13H2,(H,22,26). The maximum absolute atomic E-state index is 12.2. The number of non-ortho nitro benzene ring substituents is 1. The highest BCUT2D eigenvalue weighted by molar-refractivity contribution is 6.35. The van der Waals surface area contributed by atoms with E-state index in [0.717, 1.165) is 38.3 Å². The maximum atomic E-state index is 12.2. The first kappa shape index (κ1) is 20.5. The number of halogens is 2. The predicted molar refractivity (Wildman–Crippen MR) is 110 cm³/mol. The van der Waals surface area contributed by atoms with Gasteiger partial charge in [-0.05, 0) is 29.8 Å². The van der Waals surface area contributed by atoms with Crippen LogP contribution in [0.3, 0.4) is 0 Å². The van der Waals surface area contributed by atoms with E-state index in [1.54, 1.807) is 6.07 Å². The van der Waals surface area contributed by atoms with Crippen molar-refractivity contribution in [2.24, 2.45) is 0 Å². The molecule has 0 spiro atoms. The molecule has 1 saturated heterocycles. The molecule has 7 nitrogen and oxygen atoms in total. The fraction of sp³-hybridized carbons (Fsp3) is 0.316. The summed E-state index contributed by atoms with van der Waals surface area (Å²) in [5.41, 5.74) is 1.58. The second-order valence-corrected chi connectivity index (χ2v) is 7.48. The summed E-state index contributed by atoms with van der Waals surface area (Å²) in [4.78, 5) is 26.8. The van der Waals surface area contributed by atoms with E-state index in [4.69, 9.17) is 23.2 Å². The monoisotopic (exact) mass is 422 g/mol. The number of hydrogen-bond acceptors (Lipinski definition) is 5. The Morgan fingerprint density at radius 2 is 1.68 bits per heavy atom. The molecule has 0 bridgehead atoms. The summed E-state index contributed by atoms with van der Waals surface area (Å²) in [7, 11) is 0. The maximum Gasteiger partial charge on any atom is 0.269 e. The minimum absolute atomic E-state index is 0.00471. The quantitative estimate of drug-likeness (QED) is 0.567. The number of nitrogens with zero attached hydrogens (tertiary/aromatic N) is 3. The number of nitrogens with one attached hydrogen (secondary N) is 1. The Balaban J connectivity index is 1.44. The first-order chi connectivity index (χ1) is 13.4. The molecule has 1 fully saturated rings. The smallest absolute Gasteiger partial charge is 0.269 e. The van der Waals surface area contributed by atoms with Gasteiger partial charge in [0.1, 0.15) is 0 Å². The van der Waals surface area contributed by atoms with E-state index >= 15 is 0 Å². The van der Waals surface area contributed by atoms with Crippen molar-refractivity contribution < 1.29 is 9.72 Å². The van der Waals surface area contributed by atoms with Crippen LogP contribution in [-0.2, 0) is 11.3 Å². The zero-order valence-corrected chi connectivity index (χ0v) is 16.6. The lowest BCUT2D eigenvalue weighted by Crippen LogP contribution is -2.48. The van der Waals surface area contributed by atoms with Crippen molar-refractivity contribution in [3.63, 3.8) is 0 Å². The Kier molecular flexibility index (Phi) is 6.85. The molecule has 0 atom stereocenters. The van der Waals surface area contributed by atoms with Gasteiger partial charge in [0.05, 0.1) is 11.5 Å². The van der Waals surface area contributed by atoms with E-state index < -0.39 is 4.92 Å². The van der Waals surface area contributed by atoms with E-state index in [0.29, 0.717) is 15.7 Å². The molecular weight excluding hydrogens is 403 g/mol. The summed E-state index contributed by atoms with van der Waals surface area (Å²) in [6.07, 6.45) is 0. The average Bonchev–Trinajstić information content (AvgIpc) is 2.66. The summed E-state index contributed by atoms with van der Waals surface area (Å²) in [6, 6.07) is 11.3. The lowest BCUT2D eigenvalue weighted by Gasteiger charge is -2.34. The van der Waals surface area contributed by atoms with Crippen LogP contribution >= 0.6 is 23.2 Å². The van der Waals surface area contributed by atoms with Crippen LogP contribution in [-0.4, -0.2) is 53.4 Å². The minimum atomic E-state index is -0.470. The van der Waals surface area contributed by atoms with Gasteiger partial charge in [-0.25, -0.2) is 0 Å². The summed E-state index contributed by atoms with van der Waals surface area (Å²) in [6.45, 7) is 4.26.